The van der Waals surface area contributed by atoms with Crippen molar-refractivity contribution in [2.24, 2.45) is 7.05 Å². The average Bonchev–Trinajstić information content (AvgIpc) is 3.47. The van der Waals surface area contributed by atoms with Gasteiger partial charge in [-0.15, -0.1) is 0 Å². The molecule has 0 aliphatic carbocycles. The second-order valence-corrected chi connectivity index (χ2v) is 9.09. The number of aryl methyl sites for hydroxylation is 2. The number of halogens is 3. The summed E-state index contributed by atoms with van der Waals surface area (Å²) in [5, 5.41) is 27.2. The molecule has 3 aromatic heterocycles. The SMILES string of the molecule is Cc1nn(-c2ccnc(Nc3ccc4c(c3)c(C(=O)C(F)(F)F)cn4C)n2)cc1CN1C[C@H](O)[C@@H](O)C1. The Kier molecular flexibility index (Phi) is 6.22. The van der Waals surface area contributed by atoms with Gasteiger partial charge in [-0.1, -0.05) is 0 Å². The molecule has 1 aliphatic heterocycles. The molecule has 1 saturated heterocycles. The predicted octanol–water partition coefficient (Wildman–Crippen LogP) is 2.49. The molecule has 0 unspecified atom stereocenters. The third-order valence-electron chi connectivity index (χ3n) is 6.35. The number of carbonyl (C=O) groups is 1. The number of likely N-dealkylation sites (tertiary alicyclic amines) is 1. The number of carbonyl (C=O) groups excluding carboxylic acids is 1. The van der Waals surface area contributed by atoms with Crippen molar-refractivity contribution in [2.45, 2.75) is 31.9 Å². The van der Waals surface area contributed by atoms with Crippen molar-refractivity contribution in [3.63, 3.8) is 0 Å². The number of hydrogen-bond donors (Lipinski definition) is 3. The lowest BCUT2D eigenvalue weighted by atomic mass is 10.1. The first-order valence-corrected chi connectivity index (χ1v) is 11.4. The van der Waals surface area contributed by atoms with Crippen LogP contribution in [0, 0.1) is 6.92 Å². The lowest BCUT2D eigenvalue weighted by Crippen LogP contribution is -2.22. The summed E-state index contributed by atoms with van der Waals surface area (Å²) in [5.74, 6) is -1.25. The molecular weight excluding hydrogens is 491 g/mol. The van der Waals surface area contributed by atoms with Gasteiger partial charge in [-0.2, -0.15) is 23.3 Å². The number of rotatable bonds is 6. The van der Waals surface area contributed by atoms with E-state index in [1.807, 2.05) is 18.0 Å². The zero-order valence-corrected chi connectivity index (χ0v) is 19.9. The monoisotopic (exact) mass is 515 g/mol. The van der Waals surface area contributed by atoms with Gasteiger partial charge >= 0.3 is 6.18 Å². The molecule has 3 N–H and O–H groups in total. The maximum atomic E-state index is 13.1. The van der Waals surface area contributed by atoms with E-state index in [0.29, 0.717) is 36.7 Å². The number of benzene rings is 1. The minimum atomic E-state index is -4.98. The highest BCUT2D eigenvalue weighted by Gasteiger charge is 2.40. The van der Waals surface area contributed by atoms with Gasteiger partial charge in [-0.25, -0.2) is 9.67 Å². The number of ketones is 1. The Labute approximate surface area is 209 Å². The smallest absolute Gasteiger partial charge is 0.389 e. The number of aliphatic hydroxyl groups is 2. The van der Waals surface area contributed by atoms with Crippen LogP contribution in [0.15, 0.2) is 42.9 Å². The molecule has 0 amide bonds. The standard InChI is InChI=1S/C24H24F3N7O3/c1-13-14(8-33-11-19(35)20(36)12-33)9-34(31-13)21-5-6-28-23(30-21)29-15-3-4-18-16(7-15)17(10-32(18)2)22(37)24(25,26)27/h3-7,9-10,19-20,35-36H,8,11-12H2,1-2H3,(H,28,29,30)/t19-,20-/m0/s1. The van der Waals surface area contributed by atoms with E-state index >= 15 is 0 Å². The van der Waals surface area contributed by atoms with Crippen molar-refractivity contribution < 1.29 is 28.2 Å². The Balaban J connectivity index is 1.38. The van der Waals surface area contributed by atoms with Gasteiger partial charge in [0.1, 0.15) is 0 Å². The Morgan fingerprint density at radius 3 is 2.59 bits per heavy atom. The number of Topliss-reactive ketones (excluding diaryl/α,β-unsaturated/α-hetero) is 1. The number of nitrogens with zero attached hydrogens (tertiary/aromatic N) is 6. The molecular formula is C24H24F3N7O3. The molecule has 10 nitrogen and oxygen atoms in total. The number of nitrogens with one attached hydrogen (secondary N) is 1. The van der Waals surface area contributed by atoms with E-state index in [9.17, 15) is 28.2 Å². The average molecular weight is 515 g/mol. The van der Waals surface area contributed by atoms with Gasteiger partial charge in [-0.05, 0) is 25.1 Å². The molecule has 1 aromatic carbocycles. The van der Waals surface area contributed by atoms with Crippen LogP contribution in [0.5, 0.6) is 0 Å². The fourth-order valence-electron chi connectivity index (χ4n) is 4.45. The first-order valence-electron chi connectivity index (χ1n) is 11.4. The zero-order chi connectivity index (χ0) is 26.5. The summed E-state index contributed by atoms with van der Waals surface area (Å²) in [6, 6.07) is 6.39. The van der Waals surface area contributed by atoms with Crippen molar-refractivity contribution in [2.75, 3.05) is 18.4 Å². The fourth-order valence-corrected chi connectivity index (χ4v) is 4.45. The van der Waals surface area contributed by atoms with E-state index in [2.05, 4.69) is 20.4 Å². The lowest BCUT2D eigenvalue weighted by Gasteiger charge is -2.13. The van der Waals surface area contributed by atoms with Crippen LogP contribution in [-0.2, 0) is 13.6 Å². The normalized spacial score (nSPS) is 18.6. The summed E-state index contributed by atoms with van der Waals surface area (Å²) in [5.41, 5.74) is 2.13. The van der Waals surface area contributed by atoms with Crippen LogP contribution >= 0.6 is 0 Å². The minimum Gasteiger partial charge on any atom is -0.389 e. The molecule has 1 fully saturated rings. The second-order valence-electron chi connectivity index (χ2n) is 9.09. The second kappa shape index (κ2) is 9.25. The number of aliphatic hydroxyl groups excluding tert-OH is 2. The number of anilines is 2. The summed E-state index contributed by atoms with van der Waals surface area (Å²) in [7, 11) is 1.57. The molecule has 0 spiro atoms. The quantitative estimate of drug-likeness (QED) is 0.335. The van der Waals surface area contributed by atoms with Crippen molar-refractivity contribution in [1.82, 2.24) is 29.2 Å². The van der Waals surface area contributed by atoms with E-state index in [-0.39, 0.29) is 11.3 Å². The van der Waals surface area contributed by atoms with Crippen molar-refractivity contribution in [1.29, 1.82) is 0 Å². The number of alkyl halides is 3. The summed E-state index contributed by atoms with van der Waals surface area (Å²) in [4.78, 5) is 22.5. The molecule has 0 radical (unpaired) electrons. The molecule has 37 heavy (non-hydrogen) atoms. The summed E-state index contributed by atoms with van der Waals surface area (Å²) < 4.78 is 42.3. The van der Waals surface area contributed by atoms with Gasteiger partial charge in [-0.3, -0.25) is 9.69 Å². The Bertz CT molecular complexity index is 1470. The third-order valence-corrected chi connectivity index (χ3v) is 6.35. The van der Waals surface area contributed by atoms with Crippen molar-refractivity contribution in [3.05, 3.63) is 59.7 Å². The Morgan fingerprint density at radius 1 is 1.16 bits per heavy atom. The molecule has 0 bridgehead atoms. The van der Waals surface area contributed by atoms with E-state index in [1.54, 1.807) is 29.9 Å². The van der Waals surface area contributed by atoms with E-state index in [1.165, 1.54) is 23.0 Å². The van der Waals surface area contributed by atoms with Gasteiger partial charge < -0.3 is 20.1 Å². The summed E-state index contributed by atoms with van der Waals surface area (Å²) >= 11 is 0. The lowest BCUT2D eigenvalue weighted by molar-refractivity contribution is -0.0884. The molecule has 2 atom stereocenters. The molecule has 13 heteroatoms. The highest BCUT2D eigenvalue weighted by atomic mass is 19.4. The molecule has 4 aromatic rings. The van der Waals surface area contributed by atoms with Crippen molar-refractivity contribution >= 4 is 28.3 Å². The van der Waals surface area contributed by atoms with Gasteiger partial charge in [0.2, 0.25) is 5.95 Å². The van der Waals surface area contributed by atoms with E-state index in [4.69, 9.17) is 0 Å². The van der Waals surface area contributed by atoms with Crippen LogP contribution in [0.2, 0.25) is 0 Å². The van der Waals surface area contributed by atoms with Crippen LogP contribution in [-0.4, -0.2) is 76.7 Å². The number of hydrogen-bond acceptors (Lipinski definition) is 8. The Morgan fingerprint density at radius 2 is 1.89 bits per heavy atom. The summed E-state index contributed by atoms with van der Waals surface area (Å²) in [6.07, 6.45) is -2.03. The van der Waals surface area contributed by atoms with Crippen molar-refractivity contribution in [3.8, 4) is 5.82 Å². The maximum absolute atomic E-state index is 13.1. The molecule has 0 saturated carbocycles. The van der Waals surface area contributed by atoms with Crippen LogP contribution in [0.4, 0.5) is 24.8 Å². The van der Waals surface area contributed by atoms with Gasteiger partial charge in [0.05, 0.1) is 23.5 Å². The molecule has 1 aliphatic rings. The first-order chi connectivity index (χ1) is 17.5. The fraction of sp³-hybridized carbons (Fsp3) is 0.333. The van der Waals surface area contributed by atoms with Crippen LogP contribution in [0.3, 0.4) is 0 Å². The van der Waals surface area contributed by atoms with E-state index < -0.39 is 29.7 Å². The number of aromatic nitrogens is 5. The number of β-amino-alcohol motifs (C(OH)–C–C–N with tert-alkyl or cyclic N) is 2. The van der Waals surface area contributed by atoms with Crippen LogP contribution < -0.4 is 5.32 Å². The number of fused-ring (bicyclic) bond motifs is 1. The topological polar surface area (TPSA) is 121 Å². The summed E-state index contributed by atoms with van der Waals surface area (Å²) in [6.45, 7) is 3.10. The molecule has 5 rings (SSSR count). The molecule has 194 valence electrons. The van der Waals surface area contributed by atoms with E-state index in [0.717, 1.165) is 11.3 Å². The van der Waals surface area contributed by atoms with Crippen LogP contribution in [0.1, 0.15) is 21.6 Å². The van der Waals surface area contributed by atoms with Crippen LogP contribution in [0.25, 0.3) is 16.7 Å². The zero-order valence-electron chi connectivity index (χ0n) is 19.9. The maximum Gasteiger partial charge on any atom is 0.454 e. The van der Waals surface area contributed by atoms with Gasteiger partial charge in [0.25, 0.3) is 5.78 Å². The highest BCUT2D eigenvalue weighted by Crippen LogP contribution is 2.30. The third kappa shape index (κ3) is 4.92. The van der Waals surface area contributed by atoms with Gasteiger partial charge in [0, 0.05) is 73.5 Å². The highest BCUT2D eigenvalue weighted by molar-refractivity contribution is 6.11. The largest absolute Gasteiger partial charge is 0.454 e. The Hall–Kier alpha value is -3.81. The predicted molar refractivity (Wildman–Crippen MR) is 128 cm³/mol. The minimum absolute atomic E-state index is 0.162. The first kappa shape index (κ1) is 24.9. The molecule has 4 heterocycles. The van der Waals surface area contributed by atoms with Gasteiger partial charge in [0.15, 0.2) is 5.82 Å².